The molecule has 0 amide bonds. The second-order valence-electron chi connectivity index (χ2n) is 3.25. The fourth-order valence-corrected chi connectivity index (χ4v) is 1.63. The summed E-state index contributed by atoms with van der Waals surface area (Å²) in [6.07, 6.45) is 6.24. The normalized spacial score (nSPS) is 23.5. The van der Waals surface area contributed by atoms with Crippen LogP contribution in [-0.4, -0.2) is 21.1 Å². The van der Waals surface area contributed by atoms with Crippen molar-refractivity contribution < 1.29 is 9.59 Å². The van der Waals surface area contributed by atoms with Gasteiger partial charge in [0, 0.05) is 18.8 Å². The molecule has 1 unspecified atom stereocenters. The van der Waals surface area contributed by atoms with E-state index in [1.54, 1.807) is 23.3 Å². The highest BCUT2D eigenvalue weighted by atomic mass is 16.2. The fraction of sp³-hybridized carbons (Fsp3) is 0.444. The number of carbonyl (C=O) groups excluding carboxylic acids is 2. The minimum absolute atomic E-state index is 0.00856. The average molecular weight is 178 g/mol. The first-order valence-electron chi connectivity index (χ1n) is 4.29. The number of imidazole rings is 1. The van der Waals surface area contributed by atoms with Crippen LogP contribution < -0.4 is 0 Å². The van der Waals surface area contributed by atoms with E-state index < -0.39 is 0 Å². The fourth-order valence-electron chi connectivity index (χ4n) is 1.63. The summed E-state index contributed by atoms with van der Waals surface area (Å²) in [7, 11) is 0. The van der Waals surface area contributed by atoms with E-state index in [2.05, 4.69) is 4.98 Å². The van der Waals surface area contributed by atoms with E-state index in [1.165, 1.54) is 0 Å². The lowest BCUT2D eigenvalue weighted by Gasteiger charge is -2.20. The average Bonchev–Trinajstić information content (AvgIpc) is 2.56. The molecule has 4 nitrogen and oxygen atoms in total. The van der Waals surface area contributed by atoms with Crippen molar-refractivity contribution in [1.82, 2.24) is 9.55 Å². The third kappa shape index (κ3) is 1.52. The molecule has 1 aliphatic rings. The van der Waals surface area contributed by atoms with Crippen LogP contribution in [0.25, 0.3) is 0 Å². The molecular weight excluding hydrogens is 168 g/mol. The lowest BCUT2D eigenvalue weighted by molar-refractivity contribution is -0.132. The van der Waals surface area contributed by atoms with Gasteiger partial charge in [0.1, 0.15) is 5.78 Å². The number of aromatic nitrogens is 2. The molecule has 0 bridgehead atoms. The second-order valence-corrected chi connectivity index (χ2v) is 3.25. The number of Topliss-reactive ketones (excluding diaryl/α,β-unsaturated/α-hetero) is 2. The molecule has 1 heterocycles. The number of nitrogens with zero attached hydrogens (tertiary/aromatic N) is 2. The number of ketones is 2. The largest absolute Gasteiger partial charge is 0.327 e. The molecule has 0 spiro atoms. The van der Waals surface area contributed by atoms with Crippen LogP contribution in [-0.2, 0) is 9.59 Å². The van der Waals surface area contributed by atoms with Gasteiger partial charge in [0.25, 0.3) is 0 Å². The third-order valence-electron chi connectivity index (χ3n) is 2.32. The molecule has 1 aromatic heterocycles. The molecule has 0 radical (unpaired) electrons. The van der Waals surface area contributed by atoms with Gasteiger partial charge in [-0.3, -0.25) is 9.59 Å². The maximum atomic E-state index is 11.4. The molecule has 1 aromatic rings. The predicted molar refractivity (Wildman–Crippen MR) is 45.1 cm³/mol. The van der Waals surface area contributed by atoms with Crippen molar-refractivity contribution in [2.45, 2.75) is 25.3 Å². The molecule has 0 aromatic carbocycles. The van der Waals surface area contributed by atoms with Crippen LogP contribution in [0.5, 0.6) is 0 Å². The number of rotatable bonds is 1. The molecular formula is C9H10N2O2. The summed E-state index contributed by atoms with van der Waals surface area (Å²) in [6.45, 7) is 0. The van der Waals surface area contributed by atoms with Gasteiger partial charge in [-0.05, 0) is 6.42 Å². The Balaban J connectivity index is 2.17. The third-order valence-corrected chi connectivity index (χ3v) is 2.32. The lowest BCUT2D eigenvalue weighted by Crippen LogP contribution is -2.26. The monoisotopic (exact) mass is 178 g/mol. The molecule has 1 fully saturated rings. The van der Waals surface area contributed by atoms with Crippen molar-refractivity contribution in [2.24, 2.45) is 0 Å². The summed E-state index contributed by atoms with van der Waals surface area (Å²) >= 11 is 0. The van der Waals surface area contributed by atoms with Gasteiger partial charge in [0.2, 0.25) is 0 Å². The van der Waals surface area contributed by atoms with Crippen LogP contribution in [0.2, 0.25) is 0 Å². The molecule has 0 saturated heterocycles. The van der Waals surface area contributed by atoms with Gasteiger partial charge in [-0.2, -0.15) is 0 Å². The van der Waals surface area contributed by atoms with Crippen molar-refractivity contribution >= 4 is 11.6 Å². The Bertz CT molecular complexity index is 329. The van der Waals surface area contributed by atoms with E-state index in [4.69, 9.17) is 0 Å². The van der Waals surface area contributed by atoms with Crippen LogP contribution in [0.3, 0.4) is 0 Å². The van der Waals surface area contributed by atoms with E-state index in [0.29, 0.717) is 12.8 Å². The zero-order chi connectivity index (χ0) is 9.26. The van der Waals surface area contributed by atoms with Gasteiger partial charge in [0.15, 0.2) is 5.78 Å². The Morgan fingerprint density at radius 2 is 2.31 bits per heavy atom. The quantitative estimate of drug-likeness (QED) is 0.596. The van der Waals surface area contributed by atoms with Crippen molar-refractivity contribution in [3.8, 4) is 0 Å². The SMILES string of the molecule is O=C1CCC(n2ccnc2)C(=O)C1. The smallest absolute Gasteiger partial charge is 0.162 e. The first-order valence-corrected chi connectivity index (χ1v) is 4.29. The van der Waals surface area contributed by atoms with Crippen molar-refractivity contribution in [3.05, 3.63) is 18.7 Å². The summed E-state index contributed by atoms with van der Waals surface area (Å²) in [4.78, 5) is 26.3. The van der Waals surface area contributed by atoms with Gasteiger partial charge in [-0.15, -0.1) is 0 Å². The van der Waals surface area contributed by atoms with Crippen molar-refractivity contribution in [2.75, 3.05) is 0 Å². The van der Waals surface area contributed by atoms with E-state index in [9.17, 15) is 9.59 Å². The van der Waals surface area contributed by atoms with E-state index in [1.807, 2.05) is 0 Å². The standard InChI is InChI=1S/C9H10N2O2/c12-7-1-2-8(9(13)5-7)11-4-3-10-6-11/h3-4,6,8H,1-2,5H2. The molecule has 2 rings (SSSR count). The van der Waals surface area contributed by atoms with E-state index in [0.717, 1.165) is 0 Å². The topological polar surface area (TPSA) is 52.0 Å². The summed E-state index contributed by atoms with van der Waals surface area (Å²) in [5.41, 5.74) is 0. The zero-order valence-electron chi connectivity index (χ0n) is 7.14. The number of hydrogen-bond acceptors (Lipinski definition) is 3. The highest BCUT2D eigenvalue weighted by molar-refractivity contribution is 6.03. The first-order chi connectivity index (χ1) is 6.27. The van der Waals surface area contributed by atoms with Crippen molar-refractivity contribution in [1.29, 1.82) is 0 Å². The van der Waals surface area contributed by atoms with Crippen LogP contribution in [0.1, 0.15) is 25.3 Å². The van der Waals surface area contributed by atoms with Gasteiger partial charge in [-0.1, -0.05) is 0 Å². The van der Waals surface area contributed by atoms with Gasteiger partial charge in [0.05, 0.1) is 18.8 Å². The van der Waals surface area contributed by atoms with Crippen molar-refractivity contribution in [3.63, 3.8) is 0 Å². The Labute approximate surface area is 75.6 Å². The van der Waals surface area contributed by atoms with Crippen LogP contribution in [0.4, 0.5) is 0 Å². The molecule has 1 saturated carbocycles. The number of hydrogen-bond donors (Lipinski definition) is 0. The van der Waals surface area contributed by atoms with Crippen LogP contribution in [0, 0.1) is 0 Å². The van der Waals surface area contributed by atoms with E-state index >= 15 is 0 Å². The predicted octanol–water partition coefficient (Wildman–Crippen LogP) is 0.746. The molecule has 0 N–H and O–H groups in total. The van der Waals surface area contributed by atoms with Crippen LogP contribution >= 0.6 is 0 Å². The summed E-state index contributed by atoms with van der Waals surface area (Å²) in [5.74, 6) is 0.0654. The molecule has 4 heteroatoms. The molecule has 1 atom stereocenters. The maximum absolute atomic E-state index is 11.4. The molecule has 13 heavy (non-hydrogen) atoms. The van der Waals surface area contributed by atoms with Gasteiger partial charge < -0.3 is 4.57 Å². The maximum Gasteiger partial charge on any atom is 0.162 e. The highest BCUT2D eigenvalue weighted by Gasteiger charge is 2.27. The summed E-state index contributed by atoms with van der Waals surface area (Å²) in [6, 6.07) is -0.166. The van der Waals surface area contributed by atoms with Gasteiger partial charge in [-0.25, -0.2) is 4.98 Å². The van der Waals surface area contributed by atoms with E-state index in [-0.39, 0.29) is 24.0 Å². The first kappa shape index (κ1) is 8.16. The minimum atomic E-state index is -0.166. The molecule has 68 valence electrons. The number of carbonyl (C=O) groups is 2. The Hall–Kier alpha value is -1.45. The zero-order valence-corrected chi connectivity index (χ0v) is 7.14. The van der Waals surface area contributed by atoms with Crippen LogP contribution in [0.15, 0.2) is 18.7 Å². The Morgan fingerprint density at radius 1 is 1.46 bits per heavy atom. The molecule has 1 aliphatic carbocycles. The Morgan fingerprint density at radius 3 is 2.92 bits per heavy atom. The minimum Gasteiger partial charge on any atom is -0.327 e. The molecule has 0 aliphatic heterocycles. The second kappa shape index (κ2) is 3.12. The van der Waals surface area contributed by atoms with Gasteiger partial charge >= 0.3 is 0 Å². The lowest BCUT2D eigenvalue weighted by atomic mass is 9.93. The highest BCUT2D eigenvalue weighted by Crippen LogP contribution is 2.22. The Kier molecular flexibility index (Phi) is 1.96. The summed E-state index contributed by atoms with van der Waals surface area (Å²) in [5, 5.41) is 0. The summed E-state index contributed by atoms with van der Waals surface area (Å²) < 4.78 is 1.77.